The SMILES string of the molecule is Nc1nc(C(=O)NCC(F)(F)CO)cs1. The predicted molar refractivity (Wildman–Crippen MR) is 50.9 cm³/mol. The summed E-state index contributed by atoms with van der Waals surface area (Å²) >= 11 is 1.04. The molecule has 1 rings (SSSR count). The lowest BCUT2D eigenvalue weighted by atomic mass is 10.3. The third kappa shape index (κ3) is 3.40. The molecule has 1 aromatic rings. The third-order valence-electron chi connectivity index (χ3n) is 1.49. The number of aromatic nitrogens is 1. The first-order valence-corrected chi connectivity index (χ1v) is 4.80. The summed E-state index contributed by atoms with van der Waals surface area (Å²) < 4.78 is 25.1. The Balaban J connectivity index is 2.50. The van der Waals surface area contributed by atoms with Crippen molar-refractivity contribution in [3.63, 3.8) is 0 Å². The molecule has 0 aliphatic rings. The molecular weight excluding hydrogens is 228 g/mol. The van der Waals surface area contributed by atoms with E-state index in [9.17, 15) is 13.6 Å². The van der Waals surface area contributed by atoms with E-state index in [1.54, 1.807) is 0 Å². The zero-order valence-corrected chi connectivity index (χ0v) is 8.35. The molecule has 0 unspecified atom stereocenters. The average molecular weight is 237 g/mol. The van der Waals surface area contributed by atoms with Crippen molar-refractivity contribution >= 4 is 22.4 Å². The number of carbonyl (C=O) groups excluding carboxylic acids is 1. The summed E-state index contributed by atoms with van der Waals surface area (Å²) in [5.41, 5.74) is 5.26. The van der Waals surface area contributed by atoms with Gasteiger partial charge in [-0.25, -0.2) is 13.8 Å². The average Bonchev–Trinajstić information content (AvgIpc) is 2.61. The van der Waals surface area contributed by atoms with Gasteiger partial charge in [-0.1, -0.05) is 0 Å². The molecule has 84 valence electrons. The molecule has 0 bridgehead atoms. The largest absolute Gasteiger partial charge is 0.390 e. The van der Waals surface area contributed by atoms with E-state index in [1.165, 1.54) is 5.38 Å². The first-order valence-electron chi connectivity index (χ1n) is 3.92. The van der Waals surface area contributed by atoms with Gasteiger partial charge in [-0.15, -0.1) is 11.3 Å². The fraction of sp³-hybridized carbons (Fsp3) is 0.429. The molecule has 0 fully saturated rings. The van der Waals surface area contributed by atoms with Crippen LogP contribution in [0.25, 0.3) is 0 Å². The van der Waals surface area contributed by atoms with Gasteiger partial charge >= 0.3 is 0 Å². The number of hydrogen-bond donors (Lipinski definition) is 3. The Morgan fingerprint density at radius 2 is 2.40 bits per heavy atom. The summed E-state index contributed by atoms with van der Waals surface area (Å²) in [6, 6.07) is 0. The zero-order chi connectivity index (χ0) is 11.5. The Morgan fingerprint density at radius 1 is 1.73 bits per heavy atom. The van der Waals surface area contributed by atoms with Gasteiger partial charge in [-0.2, -0.15) is 0 Å². The number of nitrogens with zero attached hydrogens (tertiary/aromatic N) is 1. The van der Waals surface area contributed by atoms with E-state index in [0.29, 0.717) is 0 Å². The highest BCUT2D eigenvalue weighted by Gasteiger charge is 2.28. The van der Waals surface area contributed by atoms with Gasteiger partial charge in [0, 0.05) is 5.38 Å². The first-order chi connectivity index (χ1) is 6.94. The second kappa shape index (κ2) is 4.49. The summed E-state index contributed by atoms with van der Waals surface area (Å²) in [4.78, 5) is 14.8. The predicted octanol–water partition coefficient (Wildman–Crippen LogP) is 0.0827. The second-order valence-corrected chi connectivity index (χ2v) is 3.66. The van der Waals surface area contributed by atoms with Crippen molar-refractivity contribution in [2.24, 2.45) is 0 Å². The lowest BCUT2D eigenvalue weighted by molar-refractivity contribution is -0.0462. The molecule has 0 atom stereocenters. The molecule has 0 spiro atoms. The van der Waals surface area contributed by atoms with Gasteiger partial charge in [0.1, 0.15) is 12.3 Å². The molecule has 1 aromatic heterocycles. The molecule has 0 aliphatic carbocycles. The van der Waals surface area contributed by atoms with Crippen molar-refractivity contribution in [1.82, 2.24) is 10.3 Å². The summed E-state index contributed by atoms with van der Waals surface area (Å²) in [6.07, 6.45) is 0. The number of nitrogens with two attached hydrogens (primary N) is 1. The Morgan fingerprint density at radius 3 is 2.87 bits per heavy atom. The Labute approximate surface area is 87.9 Å². The zero-order valence-electron chi connectivity index (χ0n) is 7.54. The van der Waals surface area contributed by atoms with Crippen LogP contribution >= 0.6 is 11.3 Å². The van der Waals surface area contributed by atoms with E-state index < -0.39 is 25.0 Å². The van der Waals surface area contributed by atoms with Crippen molar-refractivity contribution in [3.8, 4) is 0 Å². The van der Waals surface area contributed by atoms with E-state index in [1.807, 2.05) is 5.32 Å². The molecule has 8 heteroatoms. The van der Waals surface area contributed by atoms with Crippen LogP contribution in [0, 0.1) is 0 Å². The Bertz CT molecular complexity index is 356. The highest BCUT2D eigenvalue weighted by atomic mass is 32.1. The molecule has 0 saturated heterocycles. The quantitative estimate of drug-likeness (QED) is 0.692. The first kappa shape index (κ1) is 11.8. The number of anilines is 1. The molecule has 0 aliphatic heterocycles. The Kier molecular flexibility index (Phi) is 3.53. The highest BCUT2D eigenvalue weighted by molar-refractivity contribution is 7.13. The van der Waals surface area contributed by atoms with Crippen molar-refractivity contribution in [3.05, 3.63) is 11.1 Å². The summed E-state index contributed by atoms with van der Waals surface area (Å²) in [5.74, 6) is -4.06. The van der Waals surface area contributed by atoms with Crippen LogP contribution in [0.2, 0.25) is 0 Å². The van der Waals surface area contributed by atoms with E-state index in [4.69, 9.17) is 10.8 Å². The number of nitrogen functional groups attached to an aromatic ring is 1. The molecule has 0 aromatic carbocycles. The number of alkyl halides is 2. The maximum absolute atomic E-state index is 12.5. The van der Waals surface area contributed by atoms with Crippen molar-refractivity contribution in [1.29, 1.82) is 0 Å². The van der Waals surface area contributed by atoms with Gasteiger partial charge in [-0.05, 0) is 0 Å². The van der Waals surface area contributed by atoms with E-state index >= 15 is 0 Å². The Hall–Kier alpha value is -1.28. The fourth-order valence-corrected chi connectivity index (χ4v) is 1.29. The fourth-order valence-electron chi connectivity index (χ4n) is 0.748. The maximum Gasteiger partial charge on any atom is 0.287 e. The van der Waals surface area contributed by atoms with Crippen molar-refractivity contribution < 1.29 is 18.7 Å². The van der Waals surface area contributed by atoms with Crippen LogP contribution in [0.3, 0.4) is 0 Å². The van der Waals surface area contributed by atoms with Gasteiger partial charge in [0.25, 0.3) is 11.8 Å². The van der Waals surface area contributed by atoms with Gasteiger partial charge in [0.05, 0.1) is 6.54 Å². The van der Waals surface area contributed by atoms with Crippen LogP contribution < -0.4 is 11.1 Å². The number of nitrogens with one attached hydrogen (secondary N) is 1. The van der Waals surface area contributed by atoms with Crippen LogP contribution in [0.15, 0.2) is 5.38 Å². The smallest absolute Gasteiger partial charge is 0.287 e. The van der Waals surface area contributed by atoms with E-state index in [2.05, 4.69) is 4.98 Å². The van der Waals surface area contributed by atoms with Gasteiger partial charge < -0.3 is 16.2 Å². The molecule has 4 N–H and O–H groups in total. The number of rotatable bonds is 4. The lowest BCUT2D eigenvalue weighted by Crippen LogP contribution is -2.39. The highest BCUT2D eigenvalue weighted by Crippen LogP contribution is 2.12. The van der Waals surface area contributed by atoms with Gasteiger partial charge in [0.15, 0.2) is 5.13 Å². The minimum Gasteiger partial charge on any atom is -0.390 e. The molecule has 0 radical (unpaired) electrons. The molecule has 5 nitrogen and oxygen atoms in total. The van der Waals surface area contributed by atoms with Crippen molar-refractivity contribution in [2.75, 3.05) is 18.9 Å². The van der Waals surface area contributed by atoms with Gasteiger partial charge in [0.2, 0.25) is 0 Å². The number of aliphatic hydroxyl groups excluding tert-OH is 1. The number of amides is 1. The van der Waals surface area contributed by atoms with Gasteiger partial charge in [-0.3, -0.25) is 4.79 Å². The molecule has 15 heavy (non-hydrogen) atoms. The maximum atomic E-state index is 12.5. The molecule has 1 amide bonds. The van der Waals surface area contributed by atoms with Crippen LogP contribution in [0.4, 0.5) is 13.9 Å². The number of hydrogen-bond acceptors (Lipinski definition) is 5. The van der Waals surface area contributed by atoms with E-state index in [-0.39, 0.29) is 10.8 Å². The van der Waals surface area contributed by atoms with Crippen LogP contribution in [-0.2, 0) is 0 Å². The topological polar surface area (TPSA) is 88.2 Å². The monoisotopic (exact) mass is 237 g/mol. The summed E-state index contributed by atoms with van der Waals surface area (Å²) in [5, 5.41) is 11.7. The number of thiazole rings is 1. The third-order valence-corrected chi connectivity index (χ3v) is 2.17. The van der Waals surface area contributed by atoms with Crippen LogP contribution in [0.1, 0.15) is 10.5 Å². The summed E-state index contributed by atoms with van der Waals surface area (Å²) in [6.45, 7) is -2.24. The second-order valence-electron chi connectivity index (χ2n) is 2.77. The molecular formula is C7H9F2N3O2S. The van der Waals surface area contributed by atoms with Crippen molar-refractivity contribution in [2.45, 2.75) is 5.92 Å². The summed E-state index contributed by atoms with van der Waals surface area (Å²) in [7, 11) is 0. The minimum atomic E-state index is -3.32. The van der Waals surface area contributed by atoms with Crippen LogP contribution in [-0.4, -0.2) is 35.1 Å². The minimum absolute atomic E-state index is 0.00811. The number of aliphatic hydroxyl groups is 1. The van der Waals surface area contributed by atoms with E-state index in [0.717, 1.165) is 11.3 Å². The number of halogens is 2. The molecule has 1 heterocycles. The number of carbonyl (C=O) groups is 1. The standard InChI is InChI=1S/C7H9F2N3O2S/c8-7(9,3-13)2-11-5(14)4-1-15-6(10)12-4/h1,13H,2-3H2,(H2,10,12)(H,11,14). The lowest BCUT2D eigenvalue weighted by Gasteiger charge is -2.12. The normalized spacial score (nSPS) is 11.4. The molecule has 0 saturated carbocycles. The van der Waals surface area contributed by atoms with Crippen LogP contribution in [0.5, 0.6) is 0 Å².